The van der Waals surface area contributed by atoms with Crippen molar-refractivity contribution >= 4 is 53.8 Å². The van der Waals surface area contributed by atoms with Crippen molar-refractivity contribution in [3.05, 3.63) is 82.0 Å². The Labute approximate surface area is 510 Å². The van der Waals surface area contributed by atoms with E-state index in [2.05, 4.69) is 48.7 Å². The first kappa shape index (κ1) is 76.7. The maximum Gasteiger partial charge on any atom is 0.335 e. The van der Waals surface area contributed by atoms with Gasteiger partial charge in [-0.05, 0) is 88.3 Å². The molecule has 2 aliphatic heterocycles. The lowest BCUT2D eigenvalue weighted by molar-refractivity contribution is -0.271. The van der Waals surface area contributed by atoms with Crippen molar-refractivity contribution < 1.29 is 122 Å². The number of amides is 2. The van der Waals surface area contributed by atoms with Crippen molar-refractivity contribution in [2.75, 3.05) is 72.7 Å². The van der Waals surface area contributed by atoms with Crippen LogP contribution < -0.4 is 25.8 Å². The van der Waals surface area contributed by atoms with E-state index in [0.717, 1.165) is 37.8 Å². The highest BCUT2D eigenvalue weighted by molar-refractivity contribution is 5.97. The first-order valence-corrected chi connectivity index (χ1v) is 27.7. The highest BCUT2D eigenvalue weighted by Gasteiger charge is 2.49. The first-order valence-electron chi connectivity index (χ1n) is 27.7. The molecule has 87 heavy (non-hydrogen) atoms. The van der Waals surface area contributed by atoms with Crippen LogP contribution in [0.25, 0.3) is 0 Å². The van der Waals surface area contributed by atoms with E-state index in [1.165, 1.54) is 61.4 Å². The van der Waals surface area contributed by atoms with Crippen LogP contribution in [0.2, 0.25) is 0 Å². The van der Waals surface area contributed by atoms with Gasteiger partial charge in [0, 0.05) is 26.9 Å². The molecule has 4 rings (SSSR count). The van der Waals surface area contributed by atoms with Crippen molar-refractivity contribution in [1.82, 2.24) is 10.6 Å². The number of benzene rings is 2. The third kappa shape index (κ3) is 28.1. The molecule has 2 aliphatic rings. The molecule has 2 heterocycles. The number of aliphatic hydroxyl groups excluding tert-OH is 6. The molecule has 2 aromatic carbocycles. The molecule has 10 atom stereocenters. The number of hydrogen-bond donors (Lipinski definition) is 11. The smallest absolute Gasteiger partial charge is 0.335 e. The fourth-order valence-corrected chi connectivity index (χ4v) is 7.88. The van der Waals surface area contributed by atoms with E-state index in [9.17, 15) is 69.6 Å². The second kappa shape index (κ2) is 41.7. The summed E-state index contributed by atoms with van der Waals surface area (Å²) in [4.78, 5) is 76.5. The summed E-state index contributed by atoms with van der Waals surface area (Å²) in [5.74, 6) is -5.71. The van der Waals surface area contributed by atoms with E-state index in [1.807, 2.05) is 6.92 Å². The van der Waals surface area contributed by atoms with Gasteiger partial charge in [0.1, 0.15) is 67.9 Å². The molecule has 0 unspecified atom stereocenters. The summed E-state index contributed by atoms with van der Waals surface area (Å²) in [6, 6.07) is 8.40. The van der Waals surface area contributed by atoms with E-state index in [1.54, 1.807) is 0 Å². The van der Waals surface area contributed by atoms with E-state index < -0.39 is 97.1 Å². The van der Waals surface area contributed by atoms with Crippen molar-refractivity contribution in [2.45, 2.75) is 148 Å². The number of aliphatic carboxylic acids is 2. The number of carbonyl (C=O) groups excluding carboxylic acids is 4. The quantitative estimate of drug-likeness (QED) is 0.0114. The molecule has 12 N–H and O–H groups in total. The molecule has 0 aromatic heterocycles. The number of carboxylic acid groups (broad SMARTS) is 2. The second-order valence-corrected chi connectivity index (χ2v) is 19.6. The van der Waals surface area contributed by atoms with Gasteiger partial charge in [-0.15, -0.1) is 12.4 Å². The van der Waals surface area contributed by atoms with Crippen LogP contribution in [-0.2, 0) is 75.1 Å². The zero-order valence-corrected chi connectivity index (χ0v) is 50.4. The summed E-state index contributed by atoms with van der Waals surface area (Å²) in [7, 11) is 0. The molecule has 490 valence electrons. The van der Waals surface area contributed by atoms with E-state index >= 15 is 0 Å². The van der Waals surface area contributed by atoms with Gasteiger partial charge in [-0.2, -0.15) is 0 Å². The van der Waals surface area contributed by atoms with Crippen LogP contribution in [0.3, 0.4) is 0 Å². The zero-order chi connectivity index (χ0) is 63.7. The lowest BCUT2D eigenvalue weighted by atomic mass is 9.99. The van der Waals surface area contributed by atoms with E-state index in [-0.39, 0.29) is 94.5 Å². The largest absolute Gasteiger partial charge is 0.479 e. The maximum atomic E-state index is 13.1. The van der Waals surface area contributed by atoms with Crippen LogP contribution in [0.4, 0.5) is 0 Å². The van der Waals surface area contributed by atoms with Gasteiger partial charge < -0.3 is 109 Å². The van der Waals surface area contributed by atoms with Gasteiger partial charge in [-0.3, -0.25) is 19.2 Å². The number of carbonyl (C=O) groups is 6. The number of nitrogens with one attached hydrogen (secondary N) is 2. The summed E-state index contributed by atoms with van der Waals surface area (Å²) in [5.41, 5.74) is 9.65. The number of nitrogens with two attached hydrogens (primary N) is 1. The average molecular weight is 1260 g/mol. The number of halogens is 1. The minimum absolute atomic E-state index is 0. The summed E-state index contributed by atoms with van der Waals surface area (Å²) in [6.45, 7) is 12.9. The number of aliphatic hydroxyl groups is 6. The highest BCUT2D eigenvalue weighted by atomic mass is 35.5. The Morgan fingerprint density at radius 2 is 0.989 bits per heavy atom. The van der Waals surface area contributed by atoms with Gasteiger partial charge >= 0.3 is 23.9 Å². The molecule has 2 saturated heterocycles. The Balaban J connectivity index is 0.000000627. The van der Waals surface area contributed by atoms with Crippen LogP contribution in [0.15, 0.2) is 64.9 Å². The number of oxime groups is 1. The molecule has 0 spiro atoms. The topological polar surface area (TPSA) is 428 Å². The first-order chi connectivity index (χ1) is 41.0. The molecule has 29 nitrogen and oxygen atoms in total. The Kier molecular flexibility index (Phi) is 36.7. The number of allylic oxidation sites excluding steroid dienone is 4. The van der Waals surface area contributed by atoms with Gasteiger partial charge in [0.15, 0.2) is 12.2 Å². The predicted octanol–water partition coefficient (Wildman–Crippen LogP) is 1.16. The SMILES string of the molecule is CC(=O)OCc1ccc(O[C@@H]2O[C@H](C(=O)O)[C@@H](O)[C@H](O)[C@H]2O)c(C(=O)NCCOCCOCN)c1.CC/C=C(\C)CC/C=C(\C)CC/C(C)=N/OCCOCCOCCNC(=O)c1cc(COC(C)=O)ccc1O[C@@H]1O[C@H](C(=O)O)[C@@H](O)[C@H](O)[C@H]1O.Cl. The average Bonchev–Trinajstić information content (AvgIpc) is 1.72. The molecule has 0 saturated carbocycles. The number of nitrogens with zero attached hydrogens (tertiary/aromatic N) is 1. The molecule has 30 heteroatoms. The molecule has 0 bridgehead atoms. The molecular weight excluding hydrogens is 1180 g/mol. The monoisotopic (exact) mass is 1260 g/mol. The molecular formula is C57H85ClN4O25. The van der Waals surface area contributed by atoms with Crippen molar-refractivity contribution in [3.63, 3.8) is 0 Å². The fourth-order valence-electron chi connectivity index (χ4n) is 7.88. The van der Waals surface area contributed by atoms with E-state index in [4.69, 9.17) is 57.9 Å². The van der Waals surface area contributed by atoms with Crippen molar-refractivity contribution in [2.24, 2.45) is 10.9 Å². The number of hydrogen-bond acceptors (Lipinski definition) is 25. The standard InChI is InChI=1S/C36H54N2O13.C21H30N2O12.ClH/c1-6-8-23(2)9-7-10-24(3)11-12-25(4)38-49-20-19-47-18-17-46-16-15-37-34(43)28-21-27(22-48-26(5)39)13-14-29(28)50-36-32(42)30(40)31(41)33(51-36)35(44)45;1-11(24)33-9-12-2-3-14(13(8-12)19(28)23-4-5-31-6-7-32-10-22)34-21-17(27)15(25)16(26)18(35-21)20(29)30;/h8,10,13-14,21,30-33,36,40-42H,6-7,9,11-12,15-20,22H2,1-5H3,(H,37,43)(H,44,45);2-3,8,15-18,21,25-27H,4-7,9-10,22H2,1H3,(H,23,28)(H,29,30);1H/b23-8+,24-10+,38-25+;;/t30-,31-,32+,33-,36+;15-,16-,17+,18-,21+;/m00./s1. The summed E-state index contributed by atoms with van der Waals surface area (Å²) >= 11 is 0. The third-order valence-corrected chi connectivity index (χ3v) is 12.5. The Morgan fingerprint density at radius 1 is 0.563 bits per heavy atom. The Bertz CT molecular complexity index is 2550. The Morgan fingerprint density at radius 3 is 1.41 bits per heavy atom. The molecule has 2 aromatic rings. The molecule has 2 amide bonds. The lowest BCUT2D eigenvalue weighted by Crippen LogP contribution is -2.61. The normalized spacial score (nSPS) is 22.1. The van der Waals surface area contributed by atoms with Gasteiger partial charge in [-0.1, -0.05) is 47.5 Å². The summed E-state index contributed by atoms with van der Waals surface area (Å²) in [5, 5.41) is 88.4. The van der Waals surface area contributed by atoms with Gasteiger partial charge in [0.25, 0.3) is 11.8 Å². The second-order valence-electron chi connectivity index (χ2n) is 19.6. The van der Waals surface area contributed by atoms with Gasteiger partial charge in [-0.25, -0.2) is 9.59 Å². The zero-order valence-electron chi connectivity index (χ0n) is 49.6. The van der Waals surface area contributed by atoms with Crippen LogP contribution >= 0.6 is 12.4 Å². The number of carboxylic acids is 2. The summed E-state index contributed by atoms with van der Waals surface area (Å²) in [6.07, 6.45) is -8.93. The maximum absolute atomic E-state index is 13.1. The van der Waals surface area contributed by atoms with Crippen LogP contribution in [0.5, 0.6) is 11.5 Å². The number of ether oxygens (including phenoxy) is 10. The van der Waals surface area contributed by atoms with Gasteiger partial charge in [0.05, 0.1) is 69.8 Å². The lowest BCUT2D eigenvalue weighted by Gasteiger charge is -2.38. The van der Waals surface area contributed by atoms with Crippen LogP contribution in [-0.4, -0.2) is 216 Å². The predicted molar refractivity (Wildman–Crippen MR) is 308 cm³/mol. The van der Waals surface area contributed by atoms with Crippen molar-refractivity contribution in [3.8, 4) is 11.5 Å². The number of esters is 2. The van der Waals surface area contributed by atoms with Gasteiger partial charge in [0.2, 0.25) is 12.6 Å². The van der Waals surface area contributed by atoms with E-state index in [0.29, 0.717) is 37.6 Å². The summed E-state index contributed by atoms with van der Waals surface area (Å²) < 4.78 is 52.6. The minimum Gasteiger partial charge on any atom is -0.479 e. The number of rotatable bonds is 36. The molecule has 2 fully saturated rings. The van der Waals surface area contributed by atoms with Crippen molar-refractivity contribution in [1.29, 1.82) is 0 Å². The van der Waals surface area contributed by atoms with Crippen LogP contribution in [0, 0.1) is 0 Å². The highest BCUT2D eigenvalue weighted by Crippen LogP contribution is 2.30. The molecule has 0 radical (unpaired) electrons. The molecule has 0 aliphatic carbocycles. The fraction of sp³-hybridized carbons (Fsp3) is 0.596. The third-order valence-electron chi connectivity index (χ3n) is 12.5. The minimum atomic E-state index is -1.91. The Hall–Kier alpha value is -6.42. The van der Waals surface area contributed by atoms with Crippen LogP contribution in [0.1, 0.15) is 105 Å².